The van der Waals surface area contributed by atoms with Crippen LogP contribution in [0.15, 0.2) is 28.9 Å². The second-order valence-electron chi connectivity index (χ2n) is 4.80. The number of benzene rings is 1. The molecular weight excluding hydrogens is 350 g/mol. The third kappa shape index (κ3) is 2.64. The number of halogens is 1. The maximum Gasteiger partial charge on any atom is 0.345 e. The molecule has 0 unspecified atom stereocenters. The number of aromatic nitrogens is 2. The fourth-order valence-electron chi connectivity index (χ4n) is 2.42. The molecule has 0 spiro atoms. The van der Waals surface area contributed by atoms with E-state index >= 15 is 0 Å². The molecule has 0 atom stereocenters. The van der Waals surface area contributed by atoms with Crippen LogP contribution in [0, 0.1) is 0 Å². The first kappa shape index (κ1) is 14.8. The Bertz CT molecular complexity index is 736. The quantitative estimate of drug-likeness (QED) is 0.845. The molecule has 1 N–H and O–H groups in total. The first-order valence-electron chi connectivity index (χ1n) is 6.89. The number of ether oxygens (including phenoxy) is 1. The fraction of sp³-hybridized carbons (Fsp3) is 0.267. The molecule has 1 aromatic heterocycles. The van der Waals surface area contributed by atoms with E-state index in [1.807, 2.05) is 17.0 Å². The van der Waals surface area contributed by atoms with Crippen molar-refractivity contribution >= 4 is 33.5 Å². The summed E-state index contributed by atoms with van der Waals surface area (Å²) in [4.78, 5) is 21.8. The van der Waals surface area contributed by atoms with Gasteiger partial charge in [0.1, 0.15) is 5.56 Å². The molecule has 3 rings (SSSR count). The summed E-state index contributed by atoms with van der Waals surface area (Å²) in [6, 6.07) is 5.98. The summed E-state index contributed by atoms with van der Waals surface area (Å²) in [6.07, 6.45) is 2.17. The maximum absolute atomic E-state index is 11.7. The van der Waals surface area contributed by atoms with E-state index in [4.69, 9.17) is 4.74 Å². The molecule has 0 bridgehead atoms. The number of esters is 1. The first-order valence-corrected chi connectivity index (χ1v) is 7.68. The van der Waals surface area contributed by atoms with E-state index in [1.165, 1.54) is 11.8 Å². The van der Waals surface area contributed by atoms with Gasteiger partial charge in [-0.3, -0.25) is 0 Å². The van der Waals surface area contributed by atoms with Crippen LogP contribution in [-0.2, 0) is 11.2 Å². The Balaban J connectivity index is 1.92. The van der Waals surface area contributed by atoms with Gasteiger partial charge in [-0.15, -0.1) is 0 Å². The van der Waals surface area contributed by atoms with Crippen molar-refractivity contribution in [2.45, 2.75) is 13.3 Å². The highest BCUT2D eigenvalue weighted by Gasteiger charge is 2.24. The van der Waals surface area contributed by atoms with Crippen molar-refractivity contribution in [3.63, 3.8) is 0 Å². The molecule has 2 heterocycles. The Morgan fingerprint density at radius 1 is 1.50 bits per heavy atom. The summed E-state index contributed by atoms with van der Waals surface area (Å²) in [5.74, 6) is -0.627. The standard InChI is InChI=1S/C15H14BrN3O3/c1-2-22-14(21)11-8-17-15(18-13(11)20)19-6-5-9-7-10(16)3-4-12(9)19/h3-4,7-8H,2,5-6H2,1H3,(H,17,18,20). The molecule has 6 nitrogen and oxygen atoms in total. The Labute approximate surface area is 135 Å². The number of nitrogens with zero attached hydrogens (tertiary/aromatic N) is 3. The number of anilines is 2. The molecule has 22 heavy (non-hydrogen) atoms. The molecule has 114 valence electrons. The van der Waals surface area contributed by atoms with E-state index in [0.29, 0.717) is 5.95 Å². The molecule has 1 aliphatic rings. The molecule has 0 saturated heterocycles. The smallest absolute Gasteiger partial charge is 0.345 e. The predicted molar refractivity (Wildman–Crippen MR) is 84.5 cm³/mol. The Morgan fingerprint density at radius 3 is 3.05 bits per heavy atom. The van der Waals surface area contributed by atoms with E-state index in [9.17, 15) is 9.90 Å². The highest BCUT2D eigenvalue weighted by Crippen LogP contribution is 2.35. The lowest BCUT2D eigenvalue weighted by atomic mass is 10.2. The number of hydrogen-bond acceptors (Lipinski definition) is 6. The minimum Gasteiger partial charge on any atom is -0.493 e. The van der Waals surface area contributed by atoms with Crippen LogP contribution in [0.25, 0.3) is 0 Å². The van der Waals surface area contributed by atoms with Crippen molar-refractivity contribution in [1.29, 1.82) is 0 Å². The van der Waals surface area contributed by atoms with E-state index in [0.717, 1.165) is 23.1 Å². The van der Waals surface area contributed by atoms with Gasteiger partial charge in [0.15, 0.2) is 0 Å². The van der Waals surface area contributed by atoms with Crippen molar-refractivity contribution in [3.05, 3.63) is 40.0 Å². The zero-order chi connectivity index (χ0) is 15.7. The molecule has 0 amide bonds. The van der Waals surface area contributed by atoms with Crippen molar-refractivity contribution in [2.24, 2.45) is 0 Å². The Morgan fingerprint density at radius 2 is 2.32 bits per heavy atom. The highest BCUT2D eigenvalue weighted by atomic mass is 79.9. The second-order valence-corrected chi connectivity index (χ2v) is 5.72. The zero-order valence-electron chi connectivity index (χ0n) is 11.9. The van der Waals surface area contributed by atoms with Gasteiger partial charge in [-0.25, -0.2) is 9.78 Å². The minimum atomic E-state index is -0.627. The summed E-state index contributed by atoms with van der Waals surface area (Å²) in [6.45, 7) is 2.65. The monoisotopic (exact) mass is 363 g/mol. The van der Waals surface area contributed by atoms with E-state index in [2.05, 4.69) is 32.0 Å². The minimum absolute atomic E-state index is 0.0270. The Kier molecular flexibility index (Phi) is 3.98. The SMILES string of the molecule is CCOC(=O)c1cnc(N2CCc3cc(Br)ccc32)nc1O. The van der Waals surface area contributed by atoms with Gasteiger partial charge in [-0.2, -0.15) is 4.98 Å². The van der Waals surface area contributed by atoms with Crippen LogP contribution >= 0.6 is 15.9 Å². The van der Waals surface area contributed by atoms with Crippen molar-refractivity contribution < 1.29 is 14.6 Å². The van der Waals surface area contributed by atoms with Crippen LogP contribution in [0.3, 0.4) is 0 Å². The highest BCUT2D eigenvalue weighted by molar-refractivity contribution is 9.10. The molecule has 0 radical (unpaired) electrons. The van der Waals surface area contributed by atoms with Gasteiger partial charge >= 0.3 is 5.97 Å². The fourth-order valence-corrected chi connectivity index (χ4v) is 2.83. The third-order valence-corrected chi connectivity index (χ3v) is 3.92. The molecule has 1 aromatic carbocycles. The normalized spacial score (nSPS) is 13.1. The largest absolute Gasteiger partial charge is 0.493 e. The average molecular weight is 364 g/mol. The molecule has 1 aliphatic heterocycles. The summed E-state index contributed by atoms with van der Waals surface area (Å²) >= 11 is 3.45. The molecule has 0 aliphatic carbocycles. The molecule has 7 heteroatoms. The molecule has 0 saturated carbocycles. The zero-order valence-corrected chi connectivity index (χ0v) is 13.5. The molecule has 0 fully saturated rings. The maximum atomic E-state index is 11.7. The van der Waals surface area contributed by atoms with Crippen LogP contribution in [0.5, 0.6) is 5.88 Å². The number of rotatable bonds is 3. The van der Waals surface area contributed by atoms with Crippen LogP contribution in [0.1, 0.15) is 22.8 Å². The first-order chi connectivity index (χ1) is 10.6. The van der Waals surface area contributed by atoms with Crippen molar-refractivity contribution in [3.8, 4) is 5.88 Å². The van der Waals surface area contributed by atoms with E-state index in [-0.39, 0.29) is 18.1 Å². The van der Waals surface area contributed by atoms with Gasteiger partial charge < -0.3 is 14.7 Å². The summed E-state index contributed by atoms with van der Waals surface area (Å²) < 4.78 is 5.87. The number of fused-ring (bicyclic) bond motifs is 1. The van der Waals surface area contributed by atoms with Gasteiger partial charge in [0.2, 0.25) is 11.8 Å². The number of carbonyl (C=O) groups is 1. The number of aromatic hydroxyl groups is 1. The lowest BCUT2D eigenvalue weighted by Crippen LogP contribution is -2.17. The average Bonchev–Trinajstić information content (AvgIpc) is 2.90. The summed E-state index contributed by atoms with van der Waals surface area (Å²) in [7, 11) is 0. The van der Waals surface area contributed by atoms with Crippen LogP contribution in [0.4, 0.5) is 11.6 Å². The third-order valence-electron chi connectivity index (χ3n) is 3.43. The predicted octanol–water partition coefficient (Wildman–Crippen LogP) is 2.82. The summed E-state index contributed by atoms with van der Waals surface area (Å²) in [5, 5.41) is 9.95. The van der Waals surface area contributed by atoms with E-state index < -0.39 is 5.97 Å². The van der Waals surface area contributed by atoms with Crippen molar-refractivity contribution in [2.75, 3.05) is 18.1 Å². The Hall–Kier alpha value is -2.15. The lowest BCUT2D eigenvalue weighted by molar-refractivity contribution is 0.0521. The molecular formula is C15H14BrN3O3. The molecule has 2 aromatic rings. The van der Waals surface area contributed by atoms with Gasteiger partial charge in [0.05, 0.1) is 12.8 Å². The lowest BCUT2D eigenvalue weighted by Gasteiger charge is -2.17. The van der Waals surface area contributed by atoms with Gasteiger partial charge in [-0.1, -0.05) is 15.9 Å². The van der Waals surface area contributed by atoms with Gasteiger partial charge in [0.25, 0.3) is 0 Å². The van der Waals surface area contributed by atoms with Crippen LogP contribution in [-0.4, -0.2) is 34.2 Å². The topological polar surface area (TPSA) is 75.5 Å². The number of hydrogen-bond donors (Lipinski definition) is 1. The van der Waals surface area contributed by atoms with Gasteiger partial charge in [0, 0.05) is 16.7 Å². The summed E-state index contributed by atoms with van der Waals surface area (Å²) in [5.41, 5.74) is 2.17. The van der Waals surface area contributed by atoms with Crippen LogP contribution < -0.4 is 4.90 Å². The van der Waals surface area contributed by atoms with E-state index in [1.54, 1.807) is 6.92 Å². The number of carbonyl (C=O) groups excluding carboxylic acids is 1. The second kappa shape index (κ2) is 5.92. The van der Waals surface area contributed by atoms with Crippen molar-refractivity contribution in [1.82, 2.24) is 9.97 Å². The van der Waals surface area contributed by atoms with Gasteiger partial charge in [-0.05, 0) is 37.1 Å². The van der Waals surface area contributed by atoms with Crippen LogP contribution in [0.2, 0.25) is 0 Å².